The number of nitrogens with two attached hydrogens (primary N) is 1. The van der Waals surface area contributed by atoms with Gasteiger partial charge in [-0.3, -0.25) is 19.3 Å². The highest BCUT2D eigenvalue weighted by atomic mass is 32.1. The Balaban J connectivity index is 2.94. The van der Waals surface area contributed by atoms with E-state index in [1.165, 1.54) is 4.90 Å². The summed E-state index contributed by atoms with van der Waals surface area (Å²) in [6.45, 7) is 4.20. The van der Waals surface area contributed by atoms with Crippen molar-refractivity contribution in [1.82, 2.24) is 10.2 Å². The van der Waals surface area contributed by atoms with Gasteiger partial charge in [-0.15, -0.1) is 0 Å². The molecule has 0 aliphatic carbocycles. The topological polar surface area (TPSA) is 92.5 Å². The zero-order chi connectivity index (χ0) is 16.0. The molecule has 0 bridgehead atoms. The first-order valence-corrected chi connectivity index (χ1v) is 7.75. The van der Waals surface area contributed by atoms with Gasteiger partial charge in [0.1, 0.15) is 5.41 Å². The zero-order valence-corrected chi connectivity index (χ0v) is 13.4. The van der Waals surface area contributed by atoms with E-state index < -0.39 is 11.3 Å². The first-order chi connectivity index (χ1) is 9.89. The average Bonchev–Trinajstić information content (AvgIpc) is 2.40. The van der Waals surface area contributed by atoms with Gasteiger partial charge >= 0.3 is 0 Å². The van der Waals surface area contributed by atoms with Gasteiger partial charge in [0.15, 0.2) is 5.11 Å². The zero-order valence-electron chi connectivity index (χ0n) is 12.6. The lowest BCUT2D eigenvalue weighted by Gasteiger charge is -2.40. The molecule has 1 saturated heterocycles. The maximum absolute atomic E-state index is 12.8. The summed E-state index contributed by atoms with van der Waals surface area (Å²) < 4.78 is 0. The van der Waals surface area contributed by atoms with Crippen LogP contribution < -0.4 is 11.1 Å². The van der Waals surface area contributed by atoms with Crippen LogP contribution in [0.2, 0.25) is 0 Å². The molecule has 21 heavy (non-hydrogen) atoms. The predicted octanol–water partition coefficient (Wildman–Crippen LogP) is 1.08. The van der Waals surface area contributed by atoms with Crippen LogP contribution in [0.1, 0.15) is 52.4 Å². The van der Waals surface area contributed by atoms with Crippen LogP contribution >= 0.6 is 12.2 Å². The van der Waals surface area contributed by atoms with Crippen LogP contribution in [-0.2, 0) is 14.4 Å². The summed E-state index contributed by atoms with van der Waals surface area (Å²) in [5.41, 5.74) is 4.07. The van der Waals surface area contributed by atoms with E-state index >= 15 is 0 Å². The highest BCUT2D eigenvalue weighted by Crippen LogP contribution is 2.35. The van der Waals surface area contributed by atoms with Crippen molar-refractivity contribution in [3.8, 4) is 0 Å². The van der Waals surface area contributed by atoms with Gasteiger partial charge in [-0.1, -0.05) is 26.7 Å². The first-order valence-electron chi connectivity index (χ1n) is 7.34. The third-order valence-electron chi connectivity index (χ3n) is 3.71. The molecule has 0 aromatic carbocycles. The Bertz CT molecular complexity index is 445. The van der Waals surface area contributed by atoms with Crippen LogP contribution in [0.5, 0.6) is 0 Å². The second kappa shape index (κ2) is 7.49. The van der Waals surface area contributed by atoms with Crippen molar-refractivity contribution in [3.63, 3.8) is 0 Å². The lowest BCUT2D eigenvalue weighted by atomic mass is 9.76. The second-order valence-electron chi connectivity index (χ2n) is 5.37. The van der Waals surface area contributed by atoms with Crippen molar-refractivity contribution in [2.45, 2.75) is 52.4 Å². The van der Waals surface area contributed by atoms with Crippen LogP contribution in [-0.4, -0.2) is 34.3 Å². The van der Waals surface area contributed by atoms with Crippen molar-refractivity contribution < 1.29 is 14.4 Å². The van der Waals surface area contributed by atoms with E-state index in [1.807, 2.05) is 13.8 Å². The minimum atomic E-state index is -1.03. The maximum atomic E-state index is 12.8. The molecule has 1 aliphatic heterocycles. The molecule has 1 fully saturated rings. The standard InChI is InChI=1S/C14H23N3O3S/c1-3-7-14(8-4-2)11(19)16-13(21)17(12(14)20)9-5-6-10(15)18/h3-9H2,1-2H3,(H2,15,18)(H,16,19,21). The fraction of sp³-hybridized carbons (Fsp3) is 0.714. The summed E-state index contributed by atoms with van der Waals surface area (Å²) in [6.07, 6.45) is 3.10. The number of rotatable bonds is 8. The molecule has 1 heterocycles. The Labute approximate surface area is 130 Å². The minimum absolute atomic E-state index is 0.123. The predicted molar refractivity (Wildman–Crippen MR) is 83.1 cm³/mol. The van der Waals surface area contributed by atoms with Crippen LogP contribution in [0.15, 0.2) is 0 Å². The van der Waals surface area contributed by atoms with E-state index in [0.29, 0.717) is 25.8 Å². The molecule has 0 atom stereocenters. The maximum Gasteiger partial charge on any atom is 0.244 e. The molecular formula is C14H23N3O3S. The summed E-state index contributed by atoms with van der Waals surface area (Å²) in [5.74, 6) is -0.959. The molecule has 0 radical (unpaired) electrons. The number of nitrogens with one attached hydrogen (secondary N) is 1. The van der Waals surface area contributed by atoms with Crippen LogP contribution in [0.25, 0.3) is 0 Å². The Morgan fingerprint density at radius 3 is 2.33 bits per heavy atom. The highest BCUT2D eigenvalue weighted by molar-refractivity contribution is 7.80. The fourth-order valence-electron chi connectivity index (χ4n) is 2.77. The number of nitrogens with zero attached hydrogens (tertiary/aromatic N) is 1. The molecule has 1 rings (SSSR count). The third-order valence-corrected chi connectivity index (χ3v) is 4.04. The molecule has 0 spiro atoms. The lowest BCUT2D eigenvalue weighted by molar-refractivity contribution is -0.151. The quantitative estimate of drug-likeness (QED) is 0.518. The van der Waals surface area contributed by atoms with Gasteiger partial charge in [0.05, 0.1) is 0 Å². The number of thiocarbonyl (C=S) groups is 1. The Hall–Kier alpha value is -1.50. The molecule has 3 N–H and O–H groups in total. The van der Waals surface area contributed by atoms with Crippen molar-refractivity contribution in [2.24, 2.45) is 11.1 Å². The second-order valence-corrected chi connectivity index (χ2v) is 5.75. The van der Waals surface area contributed by atoms with E-state index in [2.05, 4.69) is 5.32 Å². The van der Waals surface area contributed by atoms with Crippen molar-refractivity contribution in [3.05, 3.63) is 0 Å². The molecular weight excluding hydrogens is 290 g/mol. The number of carbonyl (C=O) groups is 3. The van der Waals surface area contributed by atoms with Crippen LogP contribution in [0.4, 0.5) is 0 Å². The molecule has 7 heteroatoms. The van der Waals surface area contributed by atoms with E-state index in [9.17, 15) is 14.4 Å². The summed E-state index contributed by atoms with van der Waals surface area (Å²) in [7, 11) is 0. The van der Waals surface area contributed by atoms with Crippen LogP contribution in [0.3, 0.4) is 0 Å². The highest BCUT2D eigenvalue weighted by Gasteiger charge is 2.50. The van der Waals surface area contributed by atoms with Gasteiger partial charge in [-0.2, -0.15) is 0 Å². The minimum Gasteiger partial charge on any atom is -0.370 e. The van der Waals surface area contributed by atoms with Gasteiger partial charge in [0, 0.05) is 13.0 Å². The van der Waals surface area contributed by atoms with Crippen molar-refractivity contribution in [2.75, 3.05) is 6.54 Å². The Morgan fingerprint density at radius 1 is 1.29 bits per heavy atom. The smallest absolute Gasteiger partial charge is 0.244 e. The SMILES string of the molecule is CCCC1(CCC)C(=O)NC(=S)N(CCCC(N)=O)C1=O. The Morgan fingerprint density at radius 2 is 1.86 bits per heavy atom. The first kappa shape index (κ1) is 17.6. The normalized spacial score (nSPS) is 17.8. The molecule has 0 aromatic heterocycles. The molecule has 118 valence electrons. The van der Waals surface area contributed by atoms with Gasteiger partial charge in [-0.25, -0.2) is 0 Å². The number of carbonyl (C=O) groups excluding carboxylic acids is 3. The van der Waals surface area contributed by atoms with E-state index in [4.69, 9.17) is 18.0 Å². The average molecular weight is 313 g/mol. The Kier molecular flexibility index (Phi) is 6.26. The number of hydrogen-bond acceptors (Lipinski definition) is 4. The molecule has 1 aliphatic rings. The summed E-state index contributed by atoms with van der Waals surface area (Å²) in [5, 5.41) is 2.76. The summed E-state index contributed by atoms with van der Waals surface area (Å²) >= 11 is 5.09. The summed E-state index contributed by atoms with van der Waals surface area (Å²) in [4.78, 5) is 37.3. The molecule has 0 aromatic rings. The van der Waals surface area contributed by atoms with Gasteiger partial charge < -0.3 is 11.1 Å². The van der Waals surface area contributed by atoms with E-state index in [0.717, 1.165) is 12.8 Å². The van der Waals surface area contributed by atoms with E-state index in [1.54, 1.807) is 0 Å². The number of amides is 3. The third kappa shape index (κ3) is 3.78. The largest absolute Gasteiger partial charge is 0.370 e. The molecule has 3 amide bonds. The fourth-order valence-corrected chi connectivity index (χ4v) is 3.03. The molecule has 0 unspecified atom stereocenters. The van der Waals surface area contributed by atoms with Gasteiger partial charge in [0.2, 0.25) is 17.7 Å². The van der Waals surface area contributed by atoms with Gasteiger partial charge in [-0.05, 0) is 31.5 Å². The number of hydrogen-bond donors (Lipinski definition) is 2. The lowest BCUT2D eigenvalue weighted by Crippen LogP contribution is -2.63. The van der Waals surface area contributed by atoms with Crippen LogP contribution in [0, 0.1) is 5.41 Å². The van der Waals surface area contributed by atoms with Crippen molar-refractivity contribution >= 4 is 35.1 Å². The monoisotopic (exact) mass is 313 g/mol. The van der Waals surface area contributed by atoms with Gasteiger partial charge in [0.25, 0.3) is 0 Å². The van der Waals surface area contributed by atoms with Crippen molar-refractivity contribution in [1.29, 1.82) is 0 Å². The molecule has 0 saturated carbocycles. The molecule has 6 nitrogen and oxygen atoms in total. The summed E-state index contributed by atoms with van der Waals surface area (Å²) in [6, 6.07) is 0. The van der Waals surface area contributed by atoms with E-state index in [-0.39, 0.29) is 23.3 Å². The number of primary amides is 1.